The first-order chi connectivity index (χ1) is 14.8. The molecule has 0 saturated carbocycles. The summed E-state index contributed by atoms with van der Waals surface area (Å²) in [5, 5.41) is 15.0. The van der Waals surface area contributed by atoms with E-state index < -0.39 is 35.3 Å². The lowest BCUT2D eigenvalue weighted by molar-refractivity contribution is -0.150. The lowest BCUT2D eigenvalue weighted by Gasteiger charge is -2.49. The van der Waals surface area contributed by atoms with Gasteiger partial charge in [-0.15, -0.1) is 11.8 Å². The van der Waals surface area contributed by atoms with Gasteiger partial charge in [0.2, 0.25) is 5.71 Å². The predicted octanol–water partition coefficient (Wildman–Crippen LogP) is -1.08. The molecule has 14 heteroatoms. The van der Waals surface area contributed by atoms with Crippen LogP contribution in [-0.2, 0) is 30.5 Å². The van der Waals surface area contributed by atoms with E-state index in [-0.39, 0.29) is 41.6 Å². The number of carbonyl (C=O) groups excluding carboxylic acids is 3. The van der Waals surface area contributed by atoms with E-state index in [4.69, 9.17) is 20.7 Å². The molecule has 0 radical (unpaired) electrons. The van der Waals surface area contributed by atoms with Gasteiger partial charge in [-0.2, -0.15) is 0 Å². The Bertz CT molecular complexity index is 987. The van der Waals surface area contributed by atoms with Crippen LogP contribution in [0.25, 0.3) is 0 Å². The van der Waals surface area contributed by atoms with E-state index >= 15 is 0 Å². The largest absolute Gasteiger partial charge is 0.477 e. The van der Waals surface area contributed by atoms with Gasteiger partial charge in [-0.3, -0.25) is 14.5 Å². The number of hydrogen-bond acceptors (Lipinski definition) is 10. The van der Waals surface area contributed by atoms with Gasteiger partial charge in [-0.25, -0.2) is 9.59 Å². The fourth-order valence-electron chi connectivity index (χ4n) is 3.07. The molecule has 1 aromatic rings. The van der Waals surface area contributed by atoms with Gasteiger partial charge < -0.3 is 35.9 Å². The molecule has 2 aliphatic heterocycles. The zero-order valence-corrected chi connectivity index (χ0v) is 17.0. The van der Waals surface area contributed by atoms with E-state index in [1.807, 2.05) is 0 Å². The number of aliphatic carboxylic acids is 1. The van der Waals surface area contributed by atoms with Crippen LogP contribution in [0.5, 0.6) is 0 Å². The van der Waals surface area contributed by atoms with Gasteiger partial charge >= 0.3 is 12.1 Å². The highest BCUT2D eigenvalue weighted by molar-refractivity contribution is 8.00. The molecule has 2 atom stereocenters. The average Bonchev–Trinajstić information content (AvgIpc) is 3.21. The van der Waals surface area contributed by atoms with Crippen molar-refractivity contribution in [1.29, 1.82) is 0 Å². The Morgan fingerprint density at radius 3 is 2.74 bits per heavy atom. The fourth-order valence-corrected chi connectivity index (χ4v) is 4.39. The normalized spacial score (nSPS) is 20.6. The number of β-lactam (4-membered cyclic amide) rings is 1. The summed E-state index contributed by atoms with van der Waals surface area (Å²) in [6.07, 6.45) is -1.06. The summed E-state index contributed by atoms with van der Waals surface area (Å²) in [4.78, 5) is 53.6. The van der Waals surface area contributed by atoms with Crippen LogP contribution in [-0.4, -0.2) is 70.5 Å². The third kappa shape index (κ3) is 4.34. The van der Waals surface area contributed by atoms with Crippen molar-refractivity contribution in [3.8, 4) is 0 Å². The minimum absolute atomic E-state index is 0.0942. The molecule has 0 bridgehead atoms. The van der Waals surface area contributed by atoms with Crippen LogP contribution in [0.3, 0.4) is 0 Å². The van der Waals surface area contributed by atoms with E-state index in [0.29, 0.717) is 5.76 Å². The van der Waals surface area contributed by atoms with Crippen LogP contribution in [0.1, 0.15) is 11.5 Å². The van der Waals surface area contributed by atoms with Gasteiger partial charge in [0, 0.05) is 11.3 Å². The Labute approximate surface area is 179 Å². The standard InChI is InChI=1S/C17H19N5O8S/c1-28-21-10(9-3-2-8(4-18)30-9)13(23)20-11-14(24)22-12(16(25)26)7(5-29-17(19)27)6-31-15(11)22/h2-3,11,15H,4-6,18H2,1H3,(H2,19,27)(H,20,23)(H,25,26)/b21-10+/t11-,15-/m1/s1. The zero-order chi connectivity index (χ0) is 22.7. The van der Waals surface area contributed by atoms with Crippen LogP contribution >= 0.6 is 11.8 Å². The molecule has 6 N–H and O–H groups in total. The highest BCUT2D eigenvalue weighted by Gasteiger charge is 2.54. The second-order valence-corrected chi connectivity index (χ2v) is 7.42. The van der Waals surface area contributed by atoms with Crippen molar-refractivity contribution in [2.45, 2.75) is 18.0 Å². The number of furan rings is 1. The third-order valence-corrected chi connectivity index (χ3v) is 5.76. The van der Waals surface area contributed by atoms with Crippen molar-refractivity contribution >= 4 is 41.4 Å². The molecule has 3 heterocycles. The summed E-state index contributed by atoms with van der Waals surface area (Å²) in [6, 6.07) is 2.05. The second kappa shape index (κ2) is 9.09. The number of hydrogen-bond donors (Lipinski definition) is 4. The molecule has 0 aliphatic carbocycles. The lowest BCUT2D eigenvalue weighted by Crippen LogP contribution is -2.71. The molecule has 0 unspecified atom stereocenters. The molecule has 1 aromatic heterocycles. The summed E-state index contributed by atoms with van der Waals surface area (Å²) in [5.74, 6) is -2.08. The molecule has 13 nitrogen and oxygen atoms in total. The number of carboxylic acid groups (broad SMARTS) is 1. The molecule has 166 valence electrons. The van der Waals surface area contributed by atoms with E-state index in [1.165, 1.54) is 24.9 Å². The predicted molar refractivity (Wildman–Crippen MR) is 105 cm³/mol. The van der Waals surface area contributed by atoms with Gasteiger partial charge in [0.1, 0.15) is 36.6 Å². The zero-order valence-electron chi connectivity index (χ0n) is 16.2. The van der Waals surface area contributed by atoms with E-state index in [0.717, 1.165) is 4.90 Å². The number of amides is 3. The number of oxime groups is 1. The van der Waals surface area contributed by atoms with E-state index in [1.54, 1.807) is 6.07 Å². The molecule has 3 amide bonds. The van der Waals surface area contributed by atoms with Gasteiger partial charge in [0.05, 0.1) is 6.54 Å². The van der Waals surface area contributed by atoms with Crippen molar-refractivity contribution in [1.82, 2.24) is 10.2 Å². The average molecular weight is 453 g/mol. The highest BCUT2D eigenvalue weighted by Crippen LogP contribution is 2.40. The number of rotatable bonds is 8. The van der Waals surface area contributed by atoms with Gasteiger partial charge in [-0.1, -0.05) is 5.16 Å². The van der Waals surface area contributed by atoms with Crippen LogP contribution in [0.4, 0.5) is 4.79 Å². The Morgan fingerprint density at radius 1 is 1.42 bits per heavy atom. The first-order valence-electron chi connectivity index (χ1n) is 8.81. The molecule has 3 rings (SSSR count). The molecule has 1 fully saturated rings. The smallest absolute Gasteiger partial charge is 0.404 e. The molecule has 0 spiro atoms. The number of nitrogens with one attached hydrogen (secondary N) is 1. The minimum Gasteiger partial charge on any atom is -0.477 e. The number of primary amides is 1. The Balaban J connectivity index is 1.77. The highest BCUT2D eigenvalue weighted by atomic mass is 32.2. The lowest BCUT2D eigenvalue weighted by atomic mass is 10.0. The number of carbonyl (C=O) groups is 4. The Kier molecular flexibility index (Phi) is 6.50. The Hall–Kier alpha value is -3.52. The molecule has 1 saturated heterocycles. The minimum atomic E-state index is -1.36. The number of thioether (sulfide) groups is 1. The number of nitrogens with zero attached hydrogens (tertiary/aromatic N) is 2. The van der Waals surface area contributed by atoms with Crippen molar-refractivity contribution in [3.63, 3.8) is 0 Å². The van der Waals surface area contributed by atoms with E-state index in [9.17, 15) is 24.3 Å². The van der Waals surface area contributed by atoms with Crippen molar-refractivity contribution in [3.05, 3.63) is 34.9 Å². The maximum Gasteiger partial charge on any atom is 0.404 e. The topological polar surface area (TPSA) is 200 Å². The number of ether oxygens (including phenoxy) is 1. The number of carboxylic acids is 1. The SMILES string of the molecule is CO/N=C(/C(=O)N[C@@H]1C(=O)N2C(C(=O)O)=C(COC(N)=O)CS[C@H]12)c1ccc(CN)o1. The molecular formula is C17H19N5O8S. The summed E-state index contributed by atoms with van der Waals surface area (Å²) in [5.41, 5.74) is 10.1. The number of fused-ring (bicyclic) bond motifs is 1. The second-order valence-electron chi connectivity index (χ2n) is 6.32. The summed E-state index contributed by atoms with van der Waals surface area (Å²) in [6.45, 7) is -0.243. The van der Waals surface area contributed by atoms with Crippen LogP contribution < -0.4 is 16.8 Å². The van der Waals surface area contributed by atoms with Crippen LogP contribution in [0.2, 0.25) is 0 Å². The molecular weight excluding hydrogens is 434 g/mol. The van der Waals surface area contributed by atoms with Gasteiger partial charge in [0.15, 0.2) is 5.76 Å². The van der Waals surface area contributed by atoms with Crippen molar-refractivity contribution in [2.24, 2.45) is 16.6 Å². The summed E-state index contributed by atoms with van der Waals surface area (Å²) in [7, 11) is 1.24. The van der Waals surface area contributed by atoms with Crippen LogP contribution in [0, 0.1) is 0 Å². The van der Waals surface area contributed by atoms with Crippen molar-refractivity contribution < 1.29 is 38.3 Å². The first-order valence-corrected chi connectivity index (χ1v) is 9.86. The number of nitrogens with two attached hydrogens (primary N) is 2. The fraction of sp³-hybridized carbons (Fsp3) is 0.353. The first kappa shape index (κ1) is 22.2. The van der Waals surface area contributed by atoms with Gasteiger partial charge in [-0.05, 0) is 12.1 Å². The molecule has 31 heavy (non-hydrogen) atoms. The summed E-state index contributed by atoms with van der Waals surface area (Å²) >= 11 is 1.20. The third-order valence-electron chi connectivity index (χ3n) is 4.42. The van der Waals surface area contributed by atoms with Crippen LogP contribution in [0.15, 0.2) is 33.0 Å². The van der Waals surface area contributed by atoms with E-state index in [2.05, 4.69) is 15.2 Å². The maximum absolute atomic E-state index is 12.7. The van der Waals surface area contributed by atoms with Crippen molar-refractivity contribution in [2.75, 3.05) is 19.5 Å². The van der Waals surface area contributed by atoms with Gasteiger partial charge in [0.25, 0.3) is 11.8 Å². The quantitative estimate of drug-likeness (QED) is 0.213. The summed E-state index contributed by atoms with van der Waals surface area (Å²) < 4.78 is 10.1. The molecule has 0 aromatic carbocycles. The Morgan fingerprint density at radius 2 is 2.16 bits per heavy atom. The molecule has 2 aliphatic rings. The maximum atomic E-state index is 12.7. The monoisotopic (exact) mass is 453 g/mol.